The van der Waals surface area contributed by atoms with Crippen molar-refractivity contribution in [1.82, 2.24) is 15.0 Å². The van der Waals surface area contributed by atoms with Gasteiger partial charge >= 0.3 is 0 Å². The van der Waals surface area contributed by atoms with Crippen molar-refractivity contribution in [2.24, 2.45) is 5.16 Å². The van der Waals surface area contributed by atoms with E-state index in [9.17, 15) is 4.39 Å². The zero-order valence-electron chi connectivity index (χ0n) is 11.5. The first-order valence-electron chi connectivity index (χ1n) is 6.33. The van der Waals surface area contributed by atoms with Crippen LogP contribution >= 0.6 is 0 Å². The normalized spacial score (nSPS) is 11.4. The highest BCUT2D eigenvalue weighted by molar-refractivity contribution is 5.88. The molecule has 0 spiro atoms. The van der Waals surface area contributed by atoms with Gasteiger partial charge in [-0.2, -0.15) is 0 Å². The molecule has 0 saturated carbocycles. The Morgan fingerprint density at radius 1 is 1.41 bits per heavy atom. The molecule has 0 amide bonds. The molecule has 2 heterocycles. The number of nitrogen functional groups attached to an aromatic ring is 1. The summed E-state index contributed by atoms with van der Waals surface area (Å²) in [5, 5.41) is 12.0. The molecule has 8 heteroatoms. The number of hydrogen-bond acceptors (Lipinski definition) is 6. The van der Waals surface area contributed by atoms with Gasteiger partial charge in [0.1, 0.15) is 17.7 Å². The van der Waals surface area contributed by atoms with Gasteiger partial charge in [-0.15, -0.1) is 0 Å². The Morgan fingerprint density at radius 2 is 2.23 bits per heavy atom. The molecule has 7 nitrogen and oxygen atoms in total. The summed E-state index contributed by atoms with van der Waals surface area (Å²) >= 11 is 0. The molecule has 0 saturated heterocycles. The van der Waals surface area contributed by atoms with E-state index >= 15 is 0 Å². The van der Waals surface area contributed by atoms with Crippen LogP contribution in [0.4, 0.5) is 10.2 Å². The van der Waals surface area contributed by atoms with Crippen LogP contribution in [0.1, 0.15) is 11.3 Å². The molecule has 4 N–H and O–H groups in total. The number of nitrogens with two attached hydrogens (primary N) is 1. The van der Waals surface area contributed by atoms with Gasteiger partial charge in [0.2, 0.25) is 5.88 Å². The zero-order valence-corrected chi connectivity index (χ0v) is 11.5. The van der Waals surface area contributed by atoms with E-state index in [1.165, 1.54) is 12.4 Å². The third kappa shape index (κ3) is 2.30. The Balaban J connectivity index is 2.07. The van der Waals surface area contributed by atoms with E-state index in [1.807, 2.05) is 6.92 Å². The van der Waals surface area contributed by atoms with Crippen LogP contribution in [0, 0.1) is 12.7 Å². The number of ether oxygens (including phenoxy) is 1. The largest absolute Gasteiger partial charge is 0.435 e. The number of aromatic nitrogens is 3. The molecule has 1 aromatic carbocycles. The minimum absolute atomic E-state index is 0.00388. The maximum atomic E-state index is 14.5. The third-order valence-electron chi connectivity index (χ3n) is 3.11. The van der Waals surface area contributed by atoms with E-state index in [4.69, 9.17) is 15.7 Å². The Kier molecular flexibility index (Phi) is 3.34. The van der Waals surface area contributed by atoms with E-state index in [-0.39, 0.29) is 23.0 Å². The van der Waals surface area contributed by atoms with Crippen molar-refractivity contribution >= 4 is 22.9 Å². The molecule has 2 aromatic heterocycles. The topological polar surface area (TPSA) is 109 Å². The smallest absolute Gasteiger partial charge is 0.233 e. The fourth-order valence-corrected chi connectivity index (χ4v) is 2.12. The average molecular weight is 301 g/mol. The van der Waals surface area contributed by atoms with E-state index in [0.717, 1.165) is 11.9 Å². The number of H-pyrrole nitrogens is 1. The van der Waals surface area contributed by atoms with Crippen LogP contribution in [-0.4, -0.2) is 26.4 Å². The summed E-state index contributed by atoms with van der Waals surface area (Å²) in [6, 6.07) is 4.86. The Labute approximate surface area is 124 Å². The summed E-state index contributed by atoms with van der Waals surface area (Å²) < 4.78 is 20.0. The number of aryl methyl sites for hydroxylation is 1. The maximum absolute atomic E-state index is 14.5. The number of oxime groups is 1. The molecule has 0 atom stereocenters. The molecule has 0 radical (unpaired) electrons. The van der Waals surface area contributed by atoms with E-state index < -0.39 is 5.82 Å². The summed E-state index contributed by atoms with van der Waals surface area (Å²) in [7, 11) is 0. The van der Waals surface area contributed by atoms with Crippen LogP contribution in [0.5, 0.6) is 11.6 Å². The molecule has 3 aromatic rings. The van der Waals surface area contributed by atoms with Gasteiger partial charge in [-0.05, 0) is 25.1 Å². The molecule has 112 valence electrons. The molecule has 22 heavy (non-hydrogen) atoms. The molecule has 0 aliphatic heterocycles. The minimum Gasteiger partial charge on any atom is -0.435 e. The van der Waals surface area contributed by atoms with Crippen LogP contribution < -0.4 is 10.5 Å². The first kappa shape index (κ1) is 13.8. The van der Waals surface area contributed by atoms with Gasteiger partial charge in [-0.25, -0.2) is 14.4 Å². The summed E-state index contributed by atoms with van der Waals surface area (Å²) in [5.74, 6) is -0.485. The fraction of sp³-hybridized carbons (Fsp3) is 0.0714. The molecule has 0 unspecified atom stereocenters. The first-order valence-corrected chi connectivity index (χ1v) is 6.33. The minimum atomic E-state index is -0.522. The third-order valence-corrected chi connectivity index (χ3v) is 3.11. The highest BCUT2D eigenvalue weighted by Crippen LogP contribution is 2.31. The van der Waals surface area contributed by atoms with Gasteiger partial charge in [0, 0.05) is 16.6 Å². The van der Waals surface area contributed by atoms with E-state index in [2.05, 4.69) is 20.1 Å². The standard InChI is InChI=1S/C14H12FN5O2/c1-7-4-8-10(20-7)2-3-11(12(8)15)22-14-9(5-19-21)13(16)17-6-18-14/h2-6,20-21H,1H3,(H2,16,17,18)/b19-5-. The predicted molar refractivity (Wildman–Crippen MR) is 78.9 cm³/mol. The van der Waals surface area contributed by atoms with Crippen molar-refractivity contribution in [3.05, 3.63) is 41.6 Å². The van der Waals surface area contributed by atoms with E-state index in [1.54, 1.807) is 12.1 Å². The zero-order chi connectivity index (χ0) is 15.7. The first-order chi connectivity index (χ1) is 10.6. The van der Waals surface area contributed by atoms with Gasteiger partial charge in [0.25, 0.3) is 0 Å². The monoisotopic (exact) mass is 301 g/mol. The van der Waals surface area contributed by atoms with Gasteiger partial charge < -0.3 is 20.7 Å². The van der Waals surface area contributed by atoms with Crippen LogP contribution in [0.25, 0.3) is 10.9 Å². The lowest BCUT2D eigenvalue weighted by Crippen LogP contribution is -2.03. The molecule has 0 bridgehead atoms. The van der Waals surface area contributed by atoms with Crippen LogP contribution in [0.15, 0.2) is 29.7 Å². The second-order valence-electron chi connectivity index (χ2n) is 4.62. The number of nitrogens with one attached hydrogen (secondary N) is 1. The Hall–Kier alpha value is -3.16. The quantitative estimate of drug-likeness (QED) is 0.391. The number of halogens is 1. The number of aromatic amines is 1. The highest BCUT2D eigenvalue weighted by atomic mass is 19.1. The second kappa shape index (κ2) is 5.32. The lowest BCUT2D eigenvalue weighted by atomic mass is 10.2. The van der Waals surface area contributed by atoms with Crippen molar-refractivity contribution in [2.75, 3.05) is 5.73 Å². The number of nitrogens with zero attached hydrogens (tertiary/aromatic N) is 3. The molecular formula is C14H12FN5O2. The Morgan fingerprint density at radius 3 is 3.00 bits per heavy atom. The SMILES string of the molecule is Cc1cc2c(F)c(Oc3ncnc(N)c3/C=N\O)ccc2[nH]1. The van der Waals surface area contributed by atoms with Crippen molar-refractivity contribution in [3.63, 3.8) is 0 Å². The maximum Gasteiger partial charge on any atom is 0.233 e. The molecule has 0 fully saturated rings. The average Bonchev–Trinajstić information content (AvgIpc) is 2.87. The van der Waals surface area contributed by atoms with E-state index in [0.29, 0.717) is 10.9 Å². The fourth-order valence-electron chi connectivity index (χ4n) is 2.12. The Bertz CT molecular complexity index is 875. The van der Waals surface area contributed by atoms with Gasteiger partial charge in [0.15, 0.2) is 11.6 Å². The molecular weight excluding hydrogens is 289 g/mol. The van der Waals surface area contributed by atoms with Crippen molar-refractivity contribution in [3.8, 4) is 11.6 Å². The number of fused-ring (bicyclic) bond motifs is 1. The van der Waals surface area contributed by atoms with Gasteiger partial charge in [-0.3, -0.25) is 0 Å². The van der Waals surface area contributed by atoms with Crippen molar-refractivity contribution in [2.45, 2.75) is 6.92 Å². The summed E-state index contributed by atoms with van der Waals surface area (Å²) in [5.41, 5.74) is 7.33. The van der Waals surface area contributed by atoms with Crippen LogP contribution in [-0.2, 0) is 0 Å². The van der Waals surface area contributed by atoms with Gasteiger partial charge in [-0.1, -0.05) is 5.16 Å². The summed E-state index contributed by atoms with van der Waals surface area (Å²) in [6.07, 6.45) is 2.21. The number of anilines is 1. The molecule has 0 aliphatic carbocycles. The van der Waals surface area contributed by atoms with Crippen molar-refractivity contribution in [1.29, 1.82) is 0 Å². The summed E-state index contributed by atoms with van der Waals surface area (Å²) in [4.78, 5) is 10.7. The molecule has 3 rings (SSSR count). The number of hydrogen-bond donors (Lipinski definition) is 3. The number of rotatable bonds is 3. The summed E-state index contributed by atoms with van der Waals surface area (Å²) in [6.45, 7) is 1.83. The molecule has 0 aliphatic rings. The lowest BCUT2D eigenvalue weighted by molar-refractivity contribution is 0.321. The van der Waals surface area contributed by atoms with Crippen molar-refractivity contribution < 1.29 is 14.3 Å². The highest BCUT2D eigenvalue weighted by Gasteiger charge is 2.15. The second-order valence-corrected chi connectivity index (χ2v) is 4.62. The lowest BCUT2D eigenvalue weighted by Gasteiger charge is -2.09. The van der Waals surface area contributed by atoms with Crippen LogP contribution in [0.2, 0.25) is 0 Å². The van der Waals surface area contributed by atoms with Gasteiger partial charge in [0.05, 0.1) is 6.21 Å². The predicted octanol–water partition coefficient (Wildman–Crippen LogP) is 2.59. The van der Waals surface area contributed by atoms with Crippen LogP contribution in [0.3, 0.4) is 0 Å². The number of benzene rings is 1.